The van der Waals surface area contributed by atoms with Gasteiger partial charge in [-0.05, 0) is 67.6 Å². The number of carbonyl (C=O) groups is 1. The third-order valence-electron chi connectivity index (χ3n) is 8.01. The summed E-state index contributed by atoms with van der Waals surface area (Å²) in [5, 5.41) is 14.6. The minimum absolute atomic E-state index is 0.0837. The van der Waals surface area contributed by atoms with E-state index in [-0.39, 0.29) is 30.3 Å². The summed E-state index contributed by atoms with van der Waals surface area (Å²) in [5.74, 6) is -5.35. The maximum Gasteiger partial charge on any atom is 0.380 e. The van der Waals surface area contributed by atoms with Crippen LogP contribution in [0.15, 0.2) is 46.9 Å². The number of aliphatic hydroxyl groups is 1. The molecule has 2 aromatic carbocycles. The van der Waals surface area contributed by atoms with Crippen LogP contribution in [0, 0.1) is 0 Å². The summed E-state index contributed by atoms with van der Waals surface area (Å²) >= 11 is 5.98. The summed E-state index contributed by atoms with van der Waals surface area (Å²) in [4.78, 5) is 15.3. The van der Waals surface area contributed by atoms with Crippen molar-refractivity contribution >= 4 is 28.5 Å². The predicted molar refractivity (Wildman–Crippen MR) is 140 cm³/mol. The van der Waals surface area contributed by atoms with Gasteiger partial charge in [-0.15, -0.1) is 0 Å². The van der Waals surface area contributed by atoms with Gasteiger partial charge in [0, 0.05) is 35.1 Å². The summed E-state index contributed by atoms with van der Waals surface area (Å²) in [7, 11) is 0. The van der Waals surface area contributed by atoms with Crippen molar-refractivity contribution < 1.29 is 32.6 Å². The highest BCUT2D eigenvalue weighted by molar-refractivity contribution is 6.31. The molecule has 0 radical (unpaired) electrons. The van der Waals surface area contributed by atoms with Crippen molar-refractivity contribution in [2.24, 2.45) is 5.73 Å². The van der Waals surface area contributed by atoms with Crippen molar-refractivity contribution in [3.8, 4) is 11.5 Å². The first-order chi connectivity index (χ1) is 18.7. The molecule has 3 aliphatic heterocycles. The second kappa shape index (κ2) is 10.2. The quantitative estimate of drug-likeness (QED) is 0.398. The van der Waals surface area contributed by atoms with Gasteiger partial charge < -0.3 is 30.0 Å². The molecule has 4 unspecified atom stereocenters. The highest BCUT2D eigenvalue weighted by Gasteiger charge is 2.47. The first-order valence-corrected chi connectivity index (χ1v) is 13.5. The second-order valence-corrected chi connectivity index (χ2v) is 11.0. The number of amides is 1. The van der Waals surface area contributed by atoms with Crippen LogP contribution in [0.4, 0.5) is 8.78 Å². The van der Waals surface area contributed by atoms with Crippen molar-refractivity contribution in [1.82, 2.24) is 10.2 Å². The Labute approximate surface area is 229 Å². The van der Waals surface area contributed by atoms with Crippen LogP contribution in [-0.4, -0.2) is 59.8 Å². The number of hydrogen-bond donors (Lipinski definition) is 3. The lowest BCUT2D eigenvalue weighted by Gasteiger charge is -2.40. The van der Waals surface area contributed by atoms with Crippen molar-refractivity contribution in [2.75, 3.05) is 19.8 Å². The molecule has 4 atom stereocenters. The van der Waals surface area contributed by atoms with E-state index in [1.54, 1.807) is 18.2 Å². The van der Waals surface area contributed by atoms with Gasteiger partial charge in [0.05, 0.1) is 6.04 Å². The van der Waals surface area contributed by atoms with Crippen LogP contribution in [0.5, 0.6) is 11.5 Å². The minimum atomic E-state index is -3.99. The normalized spacial score (nSPS) is 24.5. The number of nitrogens with zero attached hydrogens (tertiary/aromatic N) is 1. The lowest BCUT2D eigenvalue weighted by Crippen LogP contribution is -2.56. The van der Waals surface area contributed by atoms with E-state index in [4.69, 9.17) is 31.2 Å². The van der Waals surface area contributed by atoms with Gasteiger partial charge >= 0.3 is 5.92 Å². The number of halogens is 3. The van der Waals surface area contributed by atoms with Gasteiger partial charge in [-0.1, -0.05) is 17.7 Å². The Kier molecular flexibility index (Phi) is 6.91. The molecular weight excluding hydrogens is 532 g/mol. The lowest BCUT2D eigenvalue weighted by molar-refractivity contribution is -0.151. The zero-order valence-corrected chi connectivity index (χ0v) is 21.9. The Bertz CT molecular complexity index is 1370. The van der Waals surface area contributed by atoms with Crippen molar-refractivity contribution in [1.29, 1.82) is 0 Å². The highest BCUT2D eigenvalue weighted by atomic mass is 35.5. The van der Waals surface area contributed by atoms with Crippen LogP contribution >= 0.6 is 11.6 Å². The van der Waals surface area contributed by atoms with Crippen LogP contribution in [-0.2, 0) is 10.7 Å². The number of piperidine rings is 1. The number of aliphatic hydroxyl groups excluding tert-OH is 1. The Morgan fingerprint density at radius 2 is 1.82 bits per heavy atom. The maximum absolute atomic E-state index is 15.4. The maximum atomic E-state index is 15.4. The van der Waals surface area contributed by atoms with Crippen LogP contribution in [0.3, 0.4) is 0 Å². The molecule has 3 aliphatic rings. The number of carbonyl (C=O) groups excluding carboxylic acids is 1. The van der Waals surface area contributed by atoms with Gasteiger partial charge in [0.1, 0.15) is 24.9 Å². The van der Waals surface area contributed by atoms with E-state index in [9.17, 15) is 9.90 Å². The summed E-state index contributed by atoms with van der Waals surface area (Å²) in [5.41, 5.74) is 6.83. The van der Waals surface area contributed by atoms with Gasteiger partial charge in [-0.2, -0.15) is 8.78 Å². The third kappa shape index (κ3) is 5.06. The molecule has 2 saturated heterocycles. The molecule has 6 rings (SSSR count). The SMILES string of the molecule is NC1CC2CCC(C1)N2CC(NC(=O)C(F)(F)c1cc2cc(Cl)ccc2o1)C(O)c1ccc2c(c1)OCCO2. The number of benzene rings is 2. The van der Waals surface area contributed by atoms with Gasteiger partial charge in [-0.25, -0.2) is 0 Å². The molecule has 1 aromatic heterocycles. The van der Waals surface area contributed by atoms with E-state index in [0.717, 1.165) is 31.7 Å². The number of ether oxygens (including phenoxy) is 2. The average Bonchev–Trinajstić information content (AvgIpc) is 3.45. The van der Waals surface area contributed by atoms with Crippen LogP contribution in [0.1, 0.15) is 43.1 Å². The Hall–Kier alpha value is -2.92. The fraction of sp³-hybridized carbons (Fsp3) is 0.464. The summed E-state index contributed by atoms with van der Waals surface area (Å²) in [6.07, 6.45) is 2.17. The first-order valence-electron chi connectivity index (χ1n) is 13.2. The zero-order valence-electron chi connectivity index (χ0n) is 21.1. The summed E-state index contributed by atoms with van der Waals surface area (Å²) in [6.45, 7) is 0.963. The largest absolute Gasteiger partial charge is 0.486 e. The molecule has 1 amide bonds. The molecule has 208 valence electrons. The Morgan fingerprint density at radius 3 is 2.56 bits per heavy atom. The fourth-order valence-corrected chi connectivity index (χ4v) is 6.26. The highest BCUT2D eigenvalue weighted by Crippen LogP contribution is 2.39. The monoisotopic (exact) mass is 561 g/mol. The third-order valence-corrected chi connectivity index (χ3v) is 8.24. The molecule has 39 heavy (non-hydrogen) atoms. The number of furan rings is 1. The molecule has 2 fully saturated rings. The van der Waals surface area contributed by atoms with Gasteiger partial charge in [0.25, 0.3) is 5.91 Å². The van der Waals surface area contributed by atoms with E-state index in [0.29, 0.717) is 40.7 Å². The van der Waals surface area contributed by atoms with E-state index in [1.807, 2.05) is 0 Å². The summed E-state index contributed by atoms with van der Waals surface area (Å²) < 4.78 is 47.4. The zero-order chi connectivity index (χ0) is 27.3. The molecule has 0 saturated carbocycles. The number of rotatable bonds is 7. The second-order valence-electron chi connectivity index (χ2n) is 10.6. The topological polar surface area (TPSA) is 110 Å². The smallest absolute Gasteiger partial charge is 0.380 e. The average molecular weight is 562 g/mol. The fourth-order valence-electron chi connectivity index (χ4n) is 6.08. The molecular formula is C28H30ClF2N3O5. The molecule has 4 N–H and O–H groups in total. The van der Waals surface area contributed by atoms with E-state index >= 15 is 8.78 Å². The predicted octanol–water partition coefficient (Wildman–Crippen LogP) is 4.12. The first kappa shape index (κ1) is 26.3. The van der Waals surface area contributed by atoms with Crippen LogP contribution in [0.25, 0.3) is 11.0 Å². The van der Waals surface area contributed by atoms with Crippen molar-refractivity contribution in [2.45, 2.75) is 61.9 Å². The standard InChI is InChI=1S/C28H30ClF2N3O5/c29-17-2-6-22-16(9-17)11-25(39-22)28(30,31)27(36)33-21(14-34-19-3-4-20(34)13-18(32)12-19)26(35)15-1-5-23-24(10-15)38-8-7-37-23/h1-2,5-6,9-11,18-21,26,35H,3-4,7-8,12-14,32H2,(H,33,36). The molecule has 4 heterocycles. The van der Waals surface area contributed by atoms with E-state index < -0.39 is 29.7 Å². The molecule has 3 aromatic rings. The van der Waals surface area contributed by atoms with Crippen molar-refractivity contribution in [3.63, 3.8) is 0 Å². The number of nitrogens with two attached hydrogens (primary N) is 1. The number of alkyl halides is 2. The van der Waals surface area contributed by atoms with Gasteiger partial charge in [0.15, 0.2) is 17.3 Å². The molecule has 8 nitrogen and oxygen atoms in total. The lowest BCUT2D eigenvalue weighted by atomic mass is 9.95. The minimum Gasteiger partial charge on any atom is -0.486 e. The summed E-state index contributed by atoms with van der Waals surface area (Å²) in [6, 6.07) is 9.93. The molecule has 0 spiro atoms. The van der Waals surface area contributed by atoms with Crippen molar-refractivity contribution in [3.05, 3.63) is 58.8 Å². The number of hydrogen-bond acceptors (Lipinski definition) is 7. The van der Waals surface area contributed by atoms with Crippen LogP contribution in [0.2, 0.25) is 5.02 Å². The molecule has 11 heteroatoms. The Balaban J connectivity index is 1.28. The number of fused-ring (bicyclic) bond motifs is 4. The van der Waals surface area contributed by atoms with Gasteiger partial charge in [0.2, 0.25) is 0 Å². The van der Waals surface area contributed by atoms with Gasteiger partial charge in [-0.3, -0.25) is 9.69 Å². The van der Waals surface area contributed by atoms with E-state index in [2.05, 4.69) is 10.2 Å². The number of nitrogens with one attached hydrogen (secondary N) is 1. The Morgan fingerprint density at radius 1 is 1.10 bits per heavy atom. The van der Waals surface area contributed by atoms with Crippen LogP contribution < -0.4 is 20.5 Å². The molecule has 0 aliphatic carbocycles. The van der Waals surface area contributed by atoms with E-state index in [1.165, 1.54) is 18.2 Å². The molecule has 2 bridgehead atoms.